The molecule has 0 aliphatic carbocycles. The van der Waals surface area contributed by atoms with Gasteiger partial charge in [0.2, 0.25) is 5.88 Å². The van der Waals surface area contributed by atoms with Crippen molar-refractivity contribution in [3.63, 3.8) is 0 Å². The summed E-state index contributed by atoms with van der Waals surface area (Å²) in [6.07, 6.45) is 1.63. The van der Waals surface area contributed by atoms with E-state index >= 15 is 0 Å². The number of pyridine rings is 1. The minimum atomic E-state index is 0.472. The van der Waals surface area contributed by atoms with Crippen LogP contribution in [0.2, 0.25) is 0 Å². The van der Waals surface area contributed by atoms with Gasteiger partial charge in [-0.25, -0.2) is 4.98 Å². The van der Waals surface area contributed by atoms with E-state index in [1.807, 2.05) is 0 Å². The van der Waals surface area contributed by atoms with E-state index in [4.69, 9.17) is 15.2 Å². The standard InChI is InChI=1S/C8H12N2O2/c1-11-7-2-4-10-8(6-7)12-5-3-9/h2,4,6H,3,5,9H2,1H3. The van der Waals surface area contributed by atoms with Crippen LogP contribution < -0.4 is 15.2 Å². The number of hydrogen-bond acceptors (Lipinski definition) is 4. The Kier molecular flexibility index (Phi) is 3.35. The van der Waals surface area contributed by atoms with Gasteiger partial charge in [0.1, 0.15) is 12.4 Å². The molecule has 4 heteroatoms. The molecule has 1 aromatic rings. The molecule has 2 N–H and O–H groups in total. The molecule has 0 aromatic carbocycles. The molecule has 1 rings (SSSR count). The second-order valence-electron chi connectivity index (χ2n) is 2.17. The smallest absolute Gasteiger partial charge is 0.216 e. The predicted molar refractivity (Wildman–Crippen MR) is 45.3 cm³/mol. The molecule has 1 heterocycles. The largest absolute Gasteiger partial charge is 0.497 e. The van der Waals surface area contributed by atoms with Crippen molar-refractivity contribution in [1.82, 2.24) is 4.98 Å². The maximum Gasteiger partial charge on any atom is 0.216 e. The third-order valence-electron chi connectivity index (χ3n) is 1.31. The minimum Gasteiger partial charge on any atom is -0.497 e. The van der Waals surface area contributed by atoms with Gasteiger partial charge in [0.25, 0.3) is 0 Å². The summed E-state index contributed by atoms with van der Waals surface area (Å²) in [5.74, 6) is 1.27. The topological polar surface area (TPSA) is 57.4 Å². The first kappa shape index (κ1) is 8.80. The summed E-state index contributed by atoms with van der Waals surface area (Å²) >= 11 is 0. The molecular weight excluding hydrogens is 156 g/mol. The van der Waals surface area contributed by atoms with Crippen molar-refractivity contribution in [2.45, 2.75) is 0 Å². The lowest BCUT2D eigenvalue weighted by atomic mass is 10.4. The molecule has 0 bridgehead atoms. The average Bonchev–Trinajstić information content (AvgIpc) is 2.15. The second kappa shape index (κ2) is 4.56. The number of nitrogens with two attached hydrogens (primary N) is 1. The molecule has 0 aliphatic heterocycles. The third kappa shape index (κ3) is 2.39. The van der Waals surface area contributed by atoms with Crippen molar-refractivity contribution in [2.24, 2.45) is 5.73 Å². The Balaban J connectivity index is 2.60. The molecule has 0 radical (unpaired) electrons. The highest BCUT2D eigenvalue weighted by atomic mass is 16.5. The van der Waals surface area contributed by atoms with Gasteiger partial charge >= 0.3 is 0 Å². The van der Waals surface area contributed by atoms with Crippen LogP contribution in [0.5, 0.6) is 11.6 Å². The van der Waals surface area contributed by atoms with Crippen LogP contribution in [0.15, 0.2) is 18.3 Å². The fourth-order valence-electron chi connectivity index (χ4n) is 0.761. The zero-order valence-corrected chi connectivity index (χ0v) is 6.99. The summed E-state index contributed by atoms with van der Waals surface area (Å²) < 4.78 is 10.2. The molecule has 66 valence electrons. The van der Waals surface area contributed by atoms with E-state index in [0.29, 0.717) is 19.0 Å². The molecule has 0 amide bonds. The van der Waals surface area contributed by atoms with E-state index < -0.39 is 0 Å². The molecule has 12 heavy (non-hydrogen) atoms. The summed E-state index contributed by atoms with van der Waals surface area (Å²) in [7, 11) is 1.60. The molecule has 0 saturated carbocycles. The van der Waals surface area contributed by atoms with E-state index in [1.165, 1.54) is 0 Å². The van der Waals surface area contributed by atoms with Crippen LogP contribution in [0.4, 0.5) is 0 Å². The van der Waals surface area contributed by atoms with E-state index in [0.717, 1.165) is 5.75 Å². The first-order valence-corrected chi connectivity index (χ1v) is 3.69. The van der Waals surface area contributed by atoms with E-state index in [1.54, 1.807) is 25.4 Å². The van der Waals surface area contributed by atoms with Gasteiger partial charge in [-0.1, -0.05) is 0 Å². The number of hydrogen-bond donors (Lipinski definition) is 1. The lowest BCUT2D eigenvalue weighted by molar-refractivity contribution is 0.312. The number of ether oxygens (including phenoxy) is 2. The fourth-order valence-corrected chi connectivity index (χ4v) is 0.761. The number of aromatic nitrogens is 1. The first-order valence-electron chi connectivity index (χ1n) is 3.69. The summed E-state index contributed by atoms with van der Waals surface area (Å²) in [6, 6.07) is 3.48. The van der Waals surface area contributed by atoms with Crippen LogP contribution in [-0.2, 0) is 0 Å². The summed E-state index contributed by atoms with van der Waals surface area (Å²) in [6.45, 7) is 0.957. The molecule has 0 saturated heterocycles. The van der Waals surface area contributed by atoms with Gasteiger partial charge in [0.05, 0.1) is 7.11 Å². The Morgan fingerprint density at radius 2 is 2.42 bits per heavy atom. The zero-order valence-electron chi connectivity index (χ0n) is 6.99. The lowest BCUT2D eigenvalue weighted by Gasteiger charge is -2.04. The maximum atomic E-state index is 5.26. The Labute approximate surface area is 71.3 Å². The quantitative estimate of drug-likeness (QED) is 0.708. The SMILES string of the molecule is COc1ccnc(OCCN)c1. The van der Waals surface area contributed by atoms with E-state index in [-0.39, 0.29) is 0 Å². The first-order chi connectivity index (χ1) is 5.86. The Hall–Kier alpha value is -1.29. The van der Waals surface area contributed by atoms with Crippen LogP contribution in [0.3, 0.4) is 0 Å². The Morgan fingerprint density at radius 3 is 3.08 bits per heavy atom. The van der Waals surface area contributed by atoms with Crippen molar-refractivity contribution in [1.29, 1.82) is 0 Å². The van der Waals surface area contributed by atoms with Crippen LogP contribution in [0, 0.1) is 0 Å². The van der Waals surface area contributed by atoms with Crippen LogP contribution in [-0.4, -0.2) is 25.2 Å². The molecule has 1 aromatic heterocycles. The van der Waals surface area contributed by atoms with Crippen molar-refractivity contribution in [3.05, 3.63) is 18.3 Å². The van der Waals surface area contributed by atoms with Gasteiger partial charge in [-0.3, -0.25) is 0 Å². The van der Waals surface area contributed by atoms with Gasteiger partial charge in [-0.2, -0.15) is 0 Å². The molecule has 4 nitrogen and oxygen atoms in total. The Bertz CT molecular complexity index is 240. The summed E-state index contributed by atoms with van der Waals surface area (Å²) in [5.41, 5.74) is 5.26. The molecule has 0 fully saturated rings. The van der Waals surface area contributed by atoms with Gasteiger partial charge in [-0.15, -0.1) is 0 Å². The van der Waals surface area contributed by atoms with Gasteiger partial charge in [0, 0.05) is 18.8 Å². The van der Waals surface area contributed by atoms with E-state index in [9.17, 15) is 0 Å². The normalized spacial score (nSPS) is 9.50. The van der Waals surface area contributed by atoms with Crippen molar-refractivity contribution in [2.75, 3.05) is 20.3 Å². The zero-order chi connectivity index (χ0) is 8.81. The third-order valence-corrected chi connectivity index (χ3v) is 1.31. The molecular formula is C8H12N2O2. The van der Waals surface area contributed by atoms with Crippen molar-refractivity contribution < 1.29 is 9.47 Å². The fraction of sp³-hybridized carbons (Fsp3) is 0.375. The van der Waals surface area contributed by atoms with Crippen molar-refractivity contribution in [3.8, 4) is 11.6 Å². The van der Waals surface area contributed by atoms with Gasteiger partial charge < -0.3 is 15.2 Å². The summed E-state index contributed by atoms with van der Waals surface area (Å²) in [5, 5.41) is 0. The average molecular weight is 168 g/mol. The highest BCUT2D eigenvalue weighted by Crippen LogP contribution is 2.14. The second-order valence-corrected chi connectivity index (χ2v) is 2.17. The predicted octanol–water partition coefficient (Wildman–Crippen LogP) is 0.428. The molecule has 0 atom stereocenters. The highest BCUT2D eigenvalue weighted by Gasteiger charge is 1.96. The van der Waals surface area contributed by atoms with Crippen molar-refractivity contribution >= 4 is 0 Å². The maximum absolute atomic E-state index is 5.26. The number of methoxy groups -OCH3 is 1. The molecule has 0 unspecified atom stereocenters. The number of rotatable bonds is 4. The monoisotopic (exact) mass is 168 g/mol. The highest BCUT2D eigenvalue weighted by molar-refractivity contribution is 5.25. The summed E-state index contributed by atoms with van der Waals surface area (Å²) in [4.78, 5) is 3.97. The van der Waals surface area contributed by atoms with E-state index in [2.05, 4.69) is 4.98 Å². The van der Waals surface area contributed by atoms with Crippen LogP contribution >= 0.6 is 0 Å². The number of nitrogens with zero attached hydrogens (tertiary/aromatic N) is 1. The van der Waals surface area contributed by atoms with Gasteiger partial charge in [-0.05, 0) is 6.07 Å². The lowest BCUT2D eigenvalue weighted by Crippen LogP contribution is -2.11. The van der Waals surface area contributed by atoms with Crippen LogP contribution in [0.25, 0.3) is 0 Å². The minimum absolute atomic E-state index is 0.472. The molecule has 0 spiro atoms. The Morgan fingerprint density at radius 1 is 1.58 bits per heavy atom. The van der Waals surface area contributed by atoms with Gasteiger partial charge in [0.15, 0.2) is 0 Å². The molecule has 0 aliphatic rings. The van der Waals surface area contributed by atoms with Crippen LogP contribution in [0.1, 0.15) is 0 Å².